The molecule has 13 heavy (non-hydrogen) atoms. The number of hydrogen-bond donors (Lipinski definition) is 0. The minimum atomic E-state index is 0.645. The Bertz CT molecular complexity index is 148. The lowest BCUT2D eigenvalue weighted by Gasteiger charge is -2.12. The van der Waals surface area contributed by atoms with Gasteiger partial charge in [-0.1, -0.05) is 40.0 Å². The smallest absolute Gasteiger partial charge is 0.00493 e. The van der Waals surface area contributed by atoms with Gasteiger partial charge in [-0.3, -0.25) is 0 Å². The molecule has 0 spiro atoms. The van der Waals surface area contributed by atoms with Gasteiger partial charge in [0.2, 0.25) is 0 Å². The third kappa shape index (κ3) is 7.97. The zero-order chi connectivity index (χ0) is 9.94. The van der Waals surface area contributed by atoms with Gasteiger partial charge in [-0.25, -0.2) is 0 Å². The van der Waals surface area contributed by atoms with E-state index in [9.17, 15) is 0 Å². The molecule has 0 atom stereocenters. The molecule has 1 radical (unpaired) electrons. The Kier molecular flexibility index (Phi) is 9.43. The zero-order valence-corrected chi connectivity index (χ0v) is 9.53. The summed E-state index contributed by atoms with van der Waals surface area (Å²) in [5.74, 6) is 6.64. The van der Waals surface area contributed by atoms with Crippen molar-refractivity contribution in [3.63, 3.8) is 0 Å². The maximum absolute atomic E-state index is 3.35. The number of rotatable bonds is 6. The van der Waals surface area contributed by atoms with Crippen molar-refractivity contribution >= 4 is 6.71 Å². The van der Waals surface area contributed by atoms with E-state index in [0.29, 0.717) is 6.71 Å². The fourth-order valence-electron chi connectivity index (χ4n) is 1.35. The summed E-state index contributed by atoms with van der Waals surface area (Å²) in [5.41, 5.74) is 0. The van der Waals surface area contributed by atoms with E-state index in [-0.39, 0.29) is 0 Å². The van der Waals surface area contributed by atoms with Gasteiger partial charge in [0.1, 0.15) is 0 Å². The lowest BCUT2D eigenvalue weighted by atomic mass is 9.47. The minimum absolute atomic E-state index is 0.645. The fraction of sp³-hybridized carbons (Fsp3) is 0.833. The maximum Gasteiger partial charge on any atom is 0.00493 e. The summed E-state index contributed by atoms with van der Waals surface area (Å²) < 4.78 is 0. The van der Waals surface area contributed by atoms with Gasteiger partial charge in [0.05, 0.1) is 0 Å². The van der Waals surface area contributed by atoms with Crippen LogP contribution in [0.25, 0.3) is 0 Å². The molecule has 0 unspecified atom stereocenters. The van der Waals surface area contributed by atoms with Gasteiger partial charge in [0, 0.05) is 6.42 Å². The third-order valence-corrected chi connectivity index (χ3v) is 2.45. The highest BCUT2D eigenvalue weighted by molar-refractivity contribution is 6.67. The van der Waals surface area contributed by atoms with Crippen LogP contribution in [0.1, 0.15) is 52.9 Å². The summed E-state index contributed by atoms with van der Waals surface area (Å²) >= 11 is 0. The Labute approximate surface area is 84.6 Å². The van der Waals surface area contributed by atoms with Crippen LogP contribution in [0.15, 0.2) is 0 Å². The Morgan fingerprint density at radius 1 is 0.923 bits per heavy atom. The summed E-state index contributed by atoms with van der Waals surface area (Å²) in [7, 11) is 0. The molecule has 0 aliphatic rings. The summed E-state index contributed by atoms with van der Waals surface area (Å²) in [6, 6.07) is 0. The molecule has 0 aromatic heterocycles. The summed E-state index contributed by atoms with van der Waals surface area (Å²) in [4.78, 5) is 0. The molecule has 0 amide bonds. The van der Waals surface area contributed by atoms with Crippen LogP contribution >= 0.6 is 0 Å². The van der Waals surface area contributed by atoms with E-state index >= 15 is 0 Å². The standard InChI is InChI=1S/C12H23B/c1-4-7-8-9-10-11-12-13(5-2)6-3/h4-10H2,1-3H3/q-1. The number of hydrogen-bond acceptors (Lipinski definition) is 0. The van der Waals surface area contributed by atoms with Crippen molar-refractivity contribution in [3.05, 3.63) is 0 Å². The van der Waals surface area contributed by atoms with Gasteiger partial charge in [0.15, 0.2) is 0 Å². The quantitative estimate of drug-likeness (QED) is 0.327. The van der Waals surface area contributed by atoms with Crippen LogP contribution in [0.3, 0.4) is 0 Å². The fourth-order valence-corrected chi connectivity index (χ4v) is 1.35. The maximum atomic E-state index is 3.35. The zero-order valence-electron chi connectivity index (χ0n) is 9.53. The average Bonchev–Trinajstić information content (AvgIpc) is 2.17. The second-order valence-corrected chi connectivity index (χ2v) is 3.65. The van der Waals surface area contributed by atoms with Crippen molar-refractivity contribution in [2.75, 3.05) is 0 Å². The Morgan fingerprint density at radius 3 is 2.15 bits per heavy atom. The topological polar surface area (TPSA) is 0 Å². The molecule has 0 aliphatic carbocycles. The molecule has 75 valence electrons. The molecule has 0 bridgehead atoms. The molecule has 0 nitrogen and oxygen atoms in total. The molecule has 0 N–H and O–H groups in total. The first-order valence-corrected chi connectivity index (χ1v) is 5.83. The summed E-state index contributed by atoms with van der Waals surface area (Å²) in [5, 5.41) is 0. The van der Waals surface area contributed by atoms with Crippen LogP contribution in [0.4, 0.5) is 0 Å². The lowest BCUT2D eigenvalue weighted by Crippen LogP contribution is -2.04. The van der Waals surface area contributed by atoms with Gasteiger partial charge in [-0.2, -0.15) is 18.6 Å². The lowest BCUT2D eigenvalue weighted by molar-refractivity contribution is 0.680. The van der Waals surface area contributed by atoms with Gasteiger partial charge >= 0.3 is 0 Å². The van der Waals surface area contributed by atoms with Gasteiger partial charge in [0.25, 0.3) is 0 Å². The van der Waals surface area contributed by atoms with E-state index in [4.69, 9.17) is 0 Å². The van der Waals surface area contributed by atoms with Crippen molar-refractivity contribution in [1.29, 1.82) is 0 Å². The Morgan fingerprint density at radius 2 is 1.62 bits per heavy atom. The van der Waals surface area contributed by atoms with Crippen LogP contribution in [0.5, 0.6) is 0 Å². The molecule has 0 saturated carbocycles. The van der Waals surface area contributed by atoms with Crippen molar-refractivity contribution < 1.29 is 0 Å². The predicted molar refractivity (Wildman–Crippen MR) is 63.3 cm³/mol. The van der Waals surface area contributed by atoms with E-state index in [0.717, 1.165) is 6.42 Å². The largest absolute Gasteiger partial charge is 0.352 e. The Balaban J connectivity index is 3.37. The van der Waals surface area contributed by atoms with Gasteiger partial charge in [-0.15, -0.1) is 0 Å². The summed E-state index contributed by atoms with van der Waals surface area (Å²) in [6.45, 7) is 7.33. The molecule has 0 aliphatic heterocycles. The first-order valence-electron chi connectivity index (χ1n) is 5.83. The average molecular weight is 178 g/mol. The highest BCUT2D eigenvalue weighted by Crippen LogP contribution is 2.01. The van der Waals surface area contributed by atoms with Gasteiger partial charge in [-0.05, 0) is 13.1 Å². The van der Waals surface area contributed by atoms with Crippen LogP contribution < -0.4 is 0 Å². The van der Waals surface area contributed by atoms with Gasteiger partial charge < -0.3 is 5.82 Å². The monoisotopic (exact) mass is 178 g/mol. The number of unbranched alkanes of at least 4 members (excludes halogenated alkanes) is 4. The molecular weight excluding hydrogens is 155 g/mol. The van der Waals surface area contributed by atoms with E-state index in [2.05, 4.69) is 32.5 Å². The second-order valence-electron chi connectivity index (χ2n) is 3.65. The first-order chi connectivity index (χ1) is 6.35. The van der Waals surface area contributed by atoms with E-state index in [1.165, 1.54) is 38.3 Å². The van der Waals surface area contributed by atoms with E-state index < -0.39 is 0 Å². The van der Waals surface area contributed by atoms with Crippen molar-refractivity contribution in [2.24, 2.45) is 0 Å². The SMILES string of the molecule is CCCCCCC#C[B-](CC)CC. The molecule has 0 fully saturated rings. The third-order valence-electron chi connectivity index (χ3n) is 2.45. The van der Waals surface area contributed by atoms with Crippen molar-refractivity contribution in [1.82, 2.24) is 0 Å². The van der Waals surface area contributed by atoms with Crippen LogP contribution in [-0.4, -0.2) is 6.71 Å². The molecule has 0 rings (SSSR count). The molecular formula is C12H23B-. The van der Waals surface area contributed by atoms with Crippen molar-refractivity contribution in [3.8, 4) is 11.7 Å². The van der Waals surface area contributed by atoms with Crippen molar-refractivity contribution in [2.45, 2.75) is 65.5 Å². The first kappa shape index (κ1) is 12.6. The highest BCUT2D eigenvalue weighted by atomic mass is 13.9. The molecule has 0 aromatic rings. The van der Waals surface area contributed by atoms with Crippen LogP contribution in [0.2, 0.25) is 12.6 Å². The molecule has 0 heterocycles. The van der Waals surface area contributed by atoms with Crippen LogP contribution in [0, 0.1) is 11.7 Å². The molecule has 0 saturated heterocycles. The highest BCUT2D eigenvalue weighted by Gasteiger charge is 1.85. The van der Waals surface area contributed by atoms with E-state index in [1.807, 2.05) is 0 Å². The minimum Gasteiger partial charge on any atom is -0.352 e. The molecule has 0 aromatic carbocycles. The molecule has 1 heteroatoms. The predicted octanol–water partition coefficient (Wildman–Crippen LogP) is 4.03. The van der Waals surface area contributed by atoms with E-state index in [1.54, 1.807) is 0 Å². The summed E-state index contributed by atoms with van der Waals surface area (Å²) in [6.07, 6.45) is 8.86. The Hall–Kier alpha value is -0.375. The normalized spacial score (nSPS) is 9.85. The second kappa shape index (κ2) is 9.71. The van der Waals surface area contributed by atoms with Crippen LogP contribution in [-0.2, 0) is 0 Å².